The third kappa shape index (κ3) is 3.00. The Morgan fingerprint density at radius 3 is 2.53 bits per heavy atom. The van der Waals surface area contributed by atoms with E-state index in [1.54, 1.807) is 11.3 Å². The Labute approximate surface area is 126 Å². The Kier molecular flexibility index (Phi) is 4.18. The normalized spacial score (nSPS) is 16.4. The predicted octanol–water partition coefficient (Wildman–Crippen LogP) is 4.95. The van der Waals surface area contributed by atoms with Crippen molar-refractivity contribution in [2.24, 2.45) is 0 Å². The molecule has 0 saturated carbocycles. The summed E-state index contributed by atoms with van der Waals surface area (Å²) in [6.07, 6.45) is 5.31. The first-order valence-electron chi connectivity index (χ1n) is 6.80. The Hall–Kier alpha value is -0.870. The number of thiazole rings is 1. The van der Waals surface area contributed by atoms with Crippen LogP contribution in [0.1, 0.15) is 25.7 Å². The van der Waals surface area contributed by atoms with E-state index in [4.69, 9.17) is 4.98 Å². The molecule has 0 spiro atoms. The van der Waals surface area contributed by atoms with E-state index >= 15 is 0 Å². The lowest BCUT2D eigenvalue weighted by molar-refractivity contribution is 0.726. The van der Waals surface area contributed by atoms with Gasteiger partial charge in [0.25, 0.3) is 0 Å². The van der Waals surface area contributed by atoms with E-state index < -0.39 is 0 Å². The number of halogens is 1. The van der Waals surface area contributed by atoms with E-state index in [1.807, 2.05) is 6.07 Å². The minimum absolute atomic E-state index is 1.08. The molecule has 0 N–H and O–H groups in total. The molecule has 1 aromatic carbocycles. The number of hydrogen-bond acceptors (Lipinski definition) is 3. The molecule has 1 fully saturated rings. The molecule has 2 heterocycles. The smallest absolute Gasteiger partial charge is 0.185 e. The van der Waals surface area contributed by atoms with Crippen LogP contribution in [0.25, 0.3) is 11.3 Å². The van der Waals surface area contributed by atoms with Gasteiger partial charge in [0.2, 0.25) is 0 Å². The highest BCUT2D eigenvalue weighted by Crippen LogP contribution is 2.32. The van der Waals surface area contributed by atoms with Crippen LogP contribution >= 0.6 is 27.3 Å². The van der Waals surface area contributed by atoms with Crippen LogP contribution in [-0.4, -0.2) is 18.1 Å². The highest BCUT2D eigenvalue weighted by Gasteiger charge is 2.14. The van der Waals surface area contributed by atoms with Gasteiger partial charge in [-0.25, -0.2) is 4.98 Å². The van der Waals surface area contributed by atoms with Crippen molar-refractivity contribution < 1.29 is 0 Å². The van der Waals surface area contributed by atoms with Crippen molar-refractivity contribution in [2.45, 2.75) is 25.7 Å². The maximum atomic E-state index is 4.82. The van der Waals surface area contributed by atoms with Gasteiger partial charge >= 0.3 is 0 Å². The molecule has 3 rings (SSSR count). The van der Waals surface area contributed by atoms with Crippen molar-refractivity contribution in [1.82, 2.24) is 4.98 Å². The van der Waals surface area contributed by atoms with E-state index in [0.29, 0.717) is 0 Å². The van der Waals surface area contributed by atoms with Gasteiger partial charge in [0.1, 0.15) is 0 Å². The minimum atomic E-state index is 1.08. The molecular weight excluding hydrogens is 320 g/mol. The minimum Gasteiger partial charge on any atom is -0.348 e. The van der Waals surface area contributed by atoms with E-state index in [-0.39, 0.29) is 0 Å². The SMILES string of the molecule is Brc1ccccc1-c1csc(N2CCCCCC2)n1. The van der Waals surface area contributed by atoms with Gasteiger partial charge in [-0.3, -0.25) is 0 Å². The van der Waals surface area contributed by atoms with Gasteiger partial charge in [-0.2, -0.15) is 0 Å². The molecule has 2 nitrogen and oxygen atoms in total. The fourth-order valence-electron chi connectivity index (χ4n) is 2.46. The standard InChI is InChI=1S/C15H17BrN2S/c16-13-8-4-3-7-12(13)14-11-19-15(17-14)18-9-5-1-2-6-10-18/h3-4,7-8,11H,1-2,5-6,9-10H2. The Bertz CT molecular complexity index is 545. The zero-order valence-corrected chi connectivity index (χ0v) is 13.2. The quantitative estimate of drug-likeness (QED) is 0.770. The van der Waals surface area contributed by atoms with Crippen LogP contribution in [0.2, 0.25) is 0 Å². The second-order valence-electron chi connectivity index (χ2n) is 4.90. The topological polar surface area (TPSA) is 16.1 Å². The number of hydrogen-bond donors (Lipinski definition) is 0. The predicted molar refractivity (Wildman–Crippen MR) is 85.9 cm³/mol. The van der Waals surface area contributed by atoms with Crippen molar-refractivity contribution in [3.63, 3.8) is 0 Å². The summed E-state index contributed by atoms with van der Waals surface area (Å²) < 4.78 is 1.11. The lowest BCUT2D eigenvalue weighted by Crippen LogP contribution is -2.23. The van der Waals surface area contributed by atoms with Gasteiger partial charge in [0, 0.05) is 28.5 Å². The summed E-state index contributed by atoms with van der Waals surface area (Å²) in [4.78, 5) is 7.26. The van der Waals surface area contributed by atoms with Gasteiger partial charge in [-0.1, -0.05) is 47.0 Å². The molecule has 2 aromatic rings. The van der Waals surface area contributed by atoms with Gasteiger partial charge in [0.15, 0.2) is 5.13 Å². The molecule has 1 aliphatic rings. The largest absolute Gasteiger partial charge is 0.348 e. The Morgan fingerprint density at radius 1 is 1.05 bits per heavy atom. The summed E-state index contributed by atoms with van der Waals surface area (Å²) in [5.41, 5.74) is 2.26. The van der Waals surface area contributed by atoms with Crippen LogP contribution in [0.15, 0.2) is 34.1 Å². The second-order valence-corrected chi connectivity index (χ2v) is 6.59. The summed E-state index contributed by atoms with van der Waals surface area (Å²) in [6.45, 7) is 2.31. The second kappa shape index (κ2) is 6.06. The van der Waals surface area contributed by atoms with Crippen LogP contribution < -0.4 is 4.90 Å². The molecular formula is C15H17BrN2S. The third-order valence-corrected chi connectivity index (χ3v) is 5.11. The van der Waals surface area contributed by atoms with Crippen LogP contribution in [0.3, 0.4) is 0 Å². The number of aromatic nitrogens is 1. The molecule has 4 heteroatoms. The first kappa shape index (κ1) is 13.1. The number of rotatable bonds is 2. The molecule has 0 bridgehead atoms. The average Bonchev–Trinajstić information content (AvgIpc) is 2.75. The van der Waals surface area contributed by atoms with E-state index in [9.17, 15) is 0 Å². The molecule has 19 heavy (non-hydrogen) atoms. The molecule has 0 amide bonds. The van der Waals surface area contributed by atoms with Crippen molar-refractivity contribution in [1.29, 1.82) is 0 Å². The van der Waals surface area contributed by atoms with Gasteiger partial charge in [-0.15, -0.1) is 11.3 Å². The first-order chi connectivity index (χ1) is 9.34. The summed E-state index contributed by atoms with van der Waals surface area (Å²) in [5, 5.41) is 3.34. The maximum Gasteiger partial charge on any atom is 0.185 e. The van der Waals surface area contributed by atoms with Gasteiger partial charge in [0.05, 0.1) is 5.69 Å². The van der Waals surface area contributed by atoms with Crippen molar-refractivity contribution in [3.05, 3.63) is 34.1 Å². The van der Waals surface area contributed by atoms with E-state index in [0.717, 1.165) is 23.3 Å². The number of nitrogens with zero attached hydrogens (tertiary/aromatic N) is 2. The molecule has 0 unspecified atom stereocenters. The molecule has 100 valence electrons. The molecule has 1 aromatic heterocycles. The van der Waals surface area contributed by atoms with E-state index in [2.05, 4.69) is 44.4 Å². The lowest BCUT2D eigenvalue weighted by Gasteiger charge is -2.18. The van der Waals surface area contributed by atoms with Gasteiger partial charge < -0.3 is 4.90 Å². The highest BCUT2D eigenvalue weighted by atomic mass is 79.9. The summed E-state index contributed by atoms with van der Waals surface area (Å²) in [6, 6.07) is 8.28. The zero-order valence-electron chi connectivity index (χ0n) is 10.8. The fourth-order valence-corrected chi connectivity index (χ4v) is 3.83. The van der Waals surface area contributed by atoms with Crippen LogP contribution in [0, 0.1) is 0 Å². The number of anilines is 1. The van der Waals surface area contributed by atoms with E-state index in [1.165, 1.54) is 36.4 Å². The molecule has 1 saturated heterocycles. The summed E-state index contributed by atoms with van der Waals surface area (Å²) >= 11 is 5.36. The summed E-state index contributed by atoms with van der Waals surface area (Å²) in [5.74, 6) is 0. The van der Waals surface area contributed by atoms with Gasteiger partial charge in [-0.05, 0) is 18.9 Å². The maximum absolute atomic E-state index is 4.82. The van der Waals surface area contributed by atoms with Crippen LogP contribution in [0.5, 0.6) is 0 Å². The third-order valence-electron chi connectivity index (χ3n) is 3.52. The lowest BCUT2D eigenvalue weighted by atomic mass is 10.2. The van der Waals surface area contributed by atoms with Crippen molar-refractivity contribution in [3.8, 4) is 11.3 Å². The molecule has 1 aliphatic heterocycles. The molecule has 0 atom stereocenters. The highest BCUT2D eigenvalue weighted by molar-refractivity contribution is 9.10. The van der Waals surface area contributed by atoms with Crippen molar-refractivity contribution >= 4 is 32.4 Å². The van der Waals surface area contributed by atoms with Crippen LogP contribution in [-0.2, 0) is 0 Å². The molecule has 0 aliphatic carbocycles. The monoisotopic (exact) mass is 336 g/mol. The van der Waals surface area contributed by atoms with Crippen molar-refractivity contribution in [2.75, 3.05) is 18.0 Å². The fraction of sp³-hybridized carbons (Fsp3) is 0.400. The Morgan fingerprint density at radius 2 is 1.79 bits per heavy atom. The summed E-state index contributed by atoms with van der Waals surface area (Å²) in [7, 11) is 0. The zero-order chi connectivity index (χ0) is 13.1. The Balaban J connectivity index is 1.85. The average molecular weight is 337 g/mol. The van der Waals surface area contributed by atoms with Crippen LogP contribution in [0.4, 0.5) is 5.13 Å². The first-order valence-corrected chi connectivity index (χ1v) is 8.47. The number of benzene rings is 1. The molecule has 0 radical (unpaired) electrons.